The number of aromatic nitrogens is 2. The first-order valence-corrected chi connectivity index (χ1v) is 10.3. The normalized spacial score (nSPS) is 19.1. The Morgan fingerprint density at radius 1 is 1.18 bits per heavy atom. The van der Waals surface area contributed by atoms with Crippen LogP contribution in [0.5, 0.6) is 0 Å². The first-order chi connectivity index (χ1) is 13.2. The summed E-state index contributed by atoms with van der Waals surface area (Å²) in [5, 5.41) is 4.01. The van der Waals surface area contributed by atoms with Crippen LogP contribution in [0, 0.1) is 11.8 Å². The van der Waals surface area contributed by atoms with Crippen molar-refractivity contribution in [3.05, 3.63) is 47.8 Å². The molecular weight excluding hydrogens is 348 g/mol. The Morgan fingerprint density at radius 2 is 1.93 bits per heavy atom. The van der Waals surface area contributed by atoms with Gasteiger partial charge in [0.05, 0.1) is 0 Å². The third kappa shape index (κ3) is 5.63. The van der Waals surface area contributed by atoms with Crippen LogP contribution in [-0.4, -0.2) is 15.9 Å². The molecule has 2 aromatic rings. The van der Waals surface area contributed by atoms with E-state index in [1.807, 2.05) is 24.3 Å². The standard InChI is InChI=1S/C23H30N2O2.CH4/c1-3-5-12-22-24-23(27-25-22)20-15-13-19(14-16-20)21(26)11-7-10-18-9-6-8-17(18)4-2;/h7,11,13-18H,3-6,8-10,12H2,1-2H3;1H4/b11-7+;. The second-order valence-corrected chi connectivity index (χ2v) is 7.56. The van der Waals surface area contributed by atoms with E-state index in [9.17, 15) is 4.79 Å². The number of hydrogen-bond donors (Lipinski definition) is 0. The third-order valence-corrected chi connectivity index (χ3v) is 5.69. The SMILES string of the molecule is C.CCCCc1noc(-c2ccc(C(=O)/C=C/CC3CCCC3CC)cc2)n1. The Bertz CT molecular complexity index is 761. The number of benzene rings is 1. The fraction of sp³-hybridized carbons (Fsp3) is 0.542. The monoisotopic (exact) mass is 382 g/mol. The Balaban J connectivity index is 0.00000280. The molecule has 0 N–H and O–H groups in total. The largest absolute Gasteiger partial charge is 0.334 e. The zero-order valence-corrected chi connectivity index (χ0v) is 16.5. The maximum atomic E-state index is 12.4. The minimum atomic E-state index is 0. The first-order valence-electron chi connectivity index (χ1n) is 10.3. The Morgan fingerprint density at radius 3 is 2.64 bits per heavy atom. The highest BCUT2D eigenvalue weighted by Gasteiger charge is 2.24. The van der Waals surface area contributed by atoms with E-state index in [1.54, 1.807) is 6.08 Å². The second kappa shape index (κ2) is 10.9. The lowest BCUT2D eigenvalue weighted by molar-refractivity contribution is 0.104. The van der Waals surface area contributed by atoms with Crippen LogP contribution in [0.3, 0.4) is 0 Å². The molecule has 3 rings (SSSR count). The first kappa shape index (κ1) is 22.1. The fourth-order valence-electron chi connectivity index (χ4n) is 3.99. The summed E-state index contributed by atoms with van der Waals surface area (Å²) >= 11 is 0. The minimum Gasteiger partial charge on any atom is -0.334 e. The van der Waals surface area contributed by atoms with E-state index in [2.05, 4.69) is 30.1 Å². The lowest BCUT2D eigenvalue weighted by Crippen LogP contribution is -2.05. The van der Waals surface area contributed by atoms with Crippen molar-refractivity contribution in [1.82, 2.24) is 10.1 Å². The molecule has 0 aliphatic heterocycles. The molecule has 1 heterocycles. The molecule has 0 radical (unpaired) electrons. The zero-order valence-electron chi connectivity index (χ0n) is 16.5. The number of aryl methyl sites for hydroxylation is 1. The van der Waals surface area contributed by atoms with Gasteiger partial charge in [0.1, 0.15) is 0 Å². The van der Waals surface area contributed by atoms with E-state index in [-0.39, 0.29) is 13.2 Å². The van der Waals surface area contributed by atoms with Crippen molar-refractivity contribution in [3.8, 4) is 11.5 Å². The summed E-state index contributed by atoms with van der Waals surface area (Å²) < 4.78 is 5.33. The van der Waals surface area contributed by atoms with Crippen LogP contribution in [-0.2, 0) is 6.42 Å². The molecule has 4 nitrogen and oxygen atoms in total. The number of unbranched alkanes of at least 4 members (excludes halogenated alkanes) is 1. The van der Waals surface area contributed by atoms with Crippen molar-refractivity contribution in [1.29, 1.82) is 0 Å². The number of rotatable bonds is 9. The van der Waals surface area contributed by atoms with Gasteiger partial charge in [0.2, 0.25) is 0 Å². The highest BCUT2D eigenvalue weighted by atomic mass is 16.5. The lowest BCUT2D eigenvalue weighted by atomic mass is 9.90. The van der Waals surface area contributed by atoms with E-state index in [0.29, 0.717) is 11.5 Å². The van der Waals surface area contributed by atoms with Gasteiger partial charge in [-0.3, -0.25) is 4.79 Å². The van der Waals surface area contributed by atoms with E-state index < -0.39 is 0 Å². The van der Waals surface area contributed by atoms with Gasteiger partial charge >= 0.3 is 0 Å². The molecular formula is C24H34N2O2. The number of nitrogens with zero attached hydrogens (tertiary/aromatic N) is 2. The van der Waals surface area contributed by atoms with Crippen LogP contribution >= 0.6 is 0 Å². The van der Waals surface area contributed by atoms with Gasteiger partial charge in [0.25, 0.3) is 5.89 Å². The van der Waals surface area contributed by atoms with Gasteiger partial charge in [-0.05, 0) is 49.3 Å². The molecule has 0 saturated heterocycles. The maximum Gasteiger partial charge on any atom is 0.257 e. The highest BCUT2D eigenvalue weighted by molar-refractivity contribution is 6.04. The average molecular weight is 383 g/mol. The Labute approximate surface area is 169 Å². The van der Waals surface area contributed by atoms with E-state index in [4.69, 9.17) is 4.52 Å². The highest BCUT2D eigenvalue weighted by Crippen LogP contribution is 2.36. The van der Waals surface area contributed by atoms with Gasteiger partial charge < -0.3 is 4.52 Å². The second-order valence-electron chi connectivity index (χ2n) is 7.56. The topological polar surface area (TPSA) is 56.0 Å². The molecule has 1 aliphatic carbocycles. The molecule has 1 fully saturated rings. The summed E-state index contributed by atoms with van der Waals surface area (Å²) in [4.78, 5) is 16.8. The molecule has 0 spiro atoms. The molecule has 1 aliphatic rings. The summed E-state index contributed by atoms with van der Waals surface area (Å²) in [6.07, 6.45) is 13.0. The number of carbonyl (C=O) groups excluding carboxylic acids is 1. The van der Waals surface area contributed by atoms with Crippen molar-refractivity contribution < 1.29 is 9.32 Å². The summed E-state index contributed by atoms with van der Waals surface area (Å²) in [6.45, 7) is 4.41. The maximum absolute atomic E-state index is 12.4. The van der Waals surface area contributed by atoms with Gasteiger partial charge in [0, 0.05) is 17.5 Å². The van der Waals surface area contributed by atoms with E-state index in [1.165, 1.54) is 25.7 Å². The van der Waals surface area contributed by atoms with Crippen LogP contribution in [0.2, 0.25) is 0 Å². The average Bonchev–Trinajstić information content (AvgIpc) is 3.35. The zero-order chi connectivity index (χ0) is 19.1. The number of carbonyl (C=O) groups is 1. The molecule has 1 aromatic carbocycles. The quantitative estimate of drug-likeness (QED) is 0.359. The molecule has 0 amide bonds. The lowest BCUT2D eigenvalue weighted by Gasteiger charge is -2.15. The van der Waals surface area contributed by atoms with Gasteiger partial charge in [-0.1, -0.05) is 70.3 Å². The molecule has 0 bridgehead atoms. The van der Waals surface area contributed by atoms with Crippen molar-refractivity contribution in [3.63, 3.8) is 0 Å². The van der Waals surface area contributed by atoms with Crippen LogP contribution in [0.1, 0.15) is 82.4 Å². The van der Waals surface area contributed by atoms with E-state index >= 15 is 0 Å². The summed E-state index contributed by atoms with van der Waals surface area (Å²) in [5.41, 5.74) is 1.54. The number of ketones is 1. The van der Waals surface area contributed by atoms with Crippen LogP contribution in [0.15, 0.2) is 40.9 Å². The summed E-state index contributed by atoms with van der Waals surface area (Å²) in [7, 11) is 0. The van der Waals surface area contributed by atoms with Gasteiger partial charge in [-0.2, -0.15) is 4.98 Å². The minimum absolute atomic E-state index is 0. The fourth-order valence-corrected chi connectivity index (χ4v) is 3.99. The molecule has 2 atom stereocenters. The third-order valence-electron chi connectivity index (χ3n) is 5.69. The summed E-state index contributed by atoms with van der Waals surface area (Å²) in [6, 6.07) is 7.43. The molecule has 1 aromatic heterocycles. The van der Waals surface area contributed by atoms with Crippen LogP contribution in [0.25, 0.3) is 11.5 Å². The van der Waals surface area contributed by atoms with Gasteiger partial charge in [-0.25, -0.2) is 0 Å². The van der Waals surface area contributed by atoms with Crippen molar-refractivity contribution >= 4 is 5.78 Å². The van der Waals surface area contributed by atoms with Gasteiger partial charge in [0.15, 0.2) is 11.6 Å². The summed E-state index contributed by atoms with van der Waals surface area (Å²) in [5.74, 6) is 2.90. The molecule has 28 heavy (non-hydrogen) atoms. The van der Waals surface area contributed by atoms with Crippen molar-refractivity contribution in [2.75, 3.05) is 0 Å². The number of hydrogen-bond acceptors (Lipinski definition) is 4. The number of allylic oxidation sites excluding steroid dienone is 2. The molecule has 1 saturated carbocycles. The van der Waals surface area contributed by atoms with E-state index in [0.717, 1.165) is 48.9 Å². The van der Waals surface area contributed by atoms with Crippen molar-refractivity contribution in [2.24, 2.45) is 11.8 Å². The van der Waals surface area contributed by atoms with Crippen LogP contribution in [0.4, 0.5) is 0 Å². The predicted octanol–water partition coefficient (Wildman–Crippen LogP) is 6.67. The molecule has 2 unspecified atom stereocenters. The molecule has 4 heteroatoms. The van der Waals surface area contributed by atoms with Gasteiger partial charge in [-0.15, -0.1) is 0 Å². The Kier molecular flexibility index (Phi) is 8.62. The Hall–Kier alpha value is -2.23. The smallest absolute Gasteiger partial charge is 0.257 e. The van der Waals surface area contributed by atoms with Crippen molar-refractivity contribution in [2.45, 2.75) is 72.6 Å². The molecule has 152 valence electrons. The van der Waals surface area contributed by atoms with Crippen LogP contribution < -0.4 is 0 Å². The predicted molar refractivity (Wildman–Crippen MR) is 114 cm³/mol.